The second-order valence-corrected chi connectivity index (χ2v) is 7.07. The second kappa shape index (κ2) is 8.22. The SMILES string of the molecule is CCC[C@@H](NC(=O)Cn1c(-c2cccs2)n[nH]c1=S)c1ccccc1. The lowest BCUT2D eigenvalue weighted by Gasteiger charge is -2.19. The maximum Gasteiger partial charge on any atom is 0.240 e. The number of hydrogen-bond acceptors (Lipinski definition) is 4. The van der Waals surface area contributed by atoms with E-state index in [1.807, 2.05) is 47.8 Å². The monoisotopic (exact) mass is 372 g/mol. The van der Waals surface area contributed by atoms with Crippen molar-refractivity contribution in [3.63, 3.8) is 0 Å². The number of benzene rings is 1. The smallest absolute Gasteiger partial charge is 0.240 e. The molecular formula is C18H20N4OS2. The van der Waals surface area contributed by atoms with Gasteiger partial charge < -0.3 is 5.32 Å². The molecule has 0 spiro atoms. The van der Waals surface area contributed by atoms with Crippen LogP contribution < -0.4 is 5.32 Å². The summed E-state index contributed by atoms with van der Waals surface area (Å²) in [5.41, 5.74) is 1.12. The Balaban J connectivity index is 1.76. The van der Waals surface area contributed by atoms with E-state index in [2.05, 4.69) is 22.4 Å². The zero-order chi connectivity index (χ0) is 17.6. The molecule has 0 fully saturated rings. The zero-order valence-electron chi connectivity index (χ0n) is 13.9. The number of carbonyl (C=O) groups excluding carboxylic acids is 1. The number of aromatic nitrogens is 3. The first kappa shape index (κ1) is 17.6. The summed E-state index contributed by atoms with van der Waals surface area (Å²) in [6.45, 7) is 2.26. The van der Waals surface area contributed by atoms with Gasteiger partial charge in [-0.1, -0.05) is 49.7 Å². The summed E-state index contributed by atoms with van der Waals surface area (Å²) in [6.07, 6.45) is 1.88. The molecule has 0 saturated carbocycles. The Morgan fingerprint density at radius 2 is 2.12 bits per heavy atom. The molecule has 0 radical (unpaired) electrons. The maximum absolute atomic E-state index is 12.6. The minimum Gasteiger partial charge on any atom is -0.348 e. The van der Waals surface area contributed by atoms with Gasteiger partial charge in [-0.25, -0.2) is 0 Å². The number of H-pyrrole nitrogens is 1. The molecule has 2 heterocycles. The molecule has 3 aromatic rings. The Labute approximate surface area is 155 Å². The molecule has 25 heavy (non-hydrogen) atoms. The summed E-state index contributed by atoms with van der Waals surface area (Å²) in [6, 6.07) is 14.0. The van der Waals surface area contributed by atoms with Crippen LogP contribution in [0, 0.1) is 4.77 Å². The van der Waals surface area contributed by atoms with Crippen LogP contribution in [-0.2, 0) is 11.3 Å². The Bertz CT molecular complexity index is 868. The molecule has 1 amide bonds. The van der Waals surface area contributed by atoms with Crippen molar-refractivity contribution in [3.8, 4) is 10.7 Å². The molecule has 2 aromatic heterocycles. The predicted octanol–water partition coefficient (Wildman–Crippen LogP) is 4.33. The van der Waals surface area contributed by atoms with Crippen molar-refractivity contribution < 1.29 is 4.79 Å². The van der Waals surface area contributed by atoms with E-state index >= 15 is 0 Å². The highest BCUT2D eigenvalue weighted by Gasteiger charge is 2.17. The van der Waals surface area contributed by atoms with E-state index in [9.17, 15) is 4.79 Å². The van der Waals surface area contributed by atoms with E-state index in [4.69, 9.17) is 12.2 Å². The molecule has 0 saturated heterocycles. The van der Waals surface area contributed by atoms with E-state index < -0.39 is 0 Å². The van der Waals surface area contributed by atoms with Crippen LogP contribution in [0.2, 0.25) is 0 Å². The first-order valence-corrected chi connectivity index (χ1v) is 9.51. The summed E-state index contributed by atoms with van der Waals surface area (Å²) in [4.78, 5) is 13.6. The number of thiophene rings is 1. The van der Waals surface area contributed by atoms with Gasteiger partial charge in [0.2, 0.25) is 5.91 Å². The Morgan fingerprint density at radius 1 is 1.32 bits per heavy atom. The van der Waals surface area contributed by atoms with Crippen molar-refractivity contribution in [3.05, 3.63) is 58.2 Å². The number of amides is 1. The summed E-state index contributed by atoms with van der Waals surface area (Å²) in [5.74, 6) is 0.625. The minimum atomic E-state index is -0.0717. The maximum atomic E-state index is 12.6. The molecule has 5 nitrogen and oxygen atoms in total. The fourth-order valence-electron chi connectivity index (χ4n) is 2.74. The molecule has 0 unspecified atom stereocenters. The molecule has 0 aliphatic rings. The van der Waals surface area contributed by atoms with Gasteiger partial charge in [-0.3, -0.25) is 14.5 Å². The van der Waals surface area contributed by atoms with Gasteiger partial charge in [0.1, 0.15) is 6.54 Å². The Hall–Kier alpha value is -2.25. The van der Waals surface area contributed by atoms with Crippen molar-refractivity contribution in [1.82, 2.24) is 20.1 Å². The highest BCUT2D eigenvalue weighted by atomic mass is 32.1. The van der Waals surface area contributed by atoms with Gasteiger partial charge in [0, 0.05) is 0 Å². The zero-order valence-corrected chi connectivity index (χ0v) is 15.6. The average molecular weight is 373 g/mol. The van der Waals surface area contributed by atoms with Gasteiger partial charge in [-0.15, -0.1) is 11.3 Å². The number of aromatic amines is 1. The molecule has 2 N–H and O–H groups in total. The van der Waals surface area contributed by atoms with Crippen molar-refractivity contribution in [2.75, 3.05) is 0 Å². The molecule has 1 atom stereocenters. The fraction of sp³-hybridized carbons (Fsp3) is 0.278. The van der Waals surface area contributed by atoms with Gasteiger partial charge in [0.15, 0.2) is 10.6 Å². The van der Waals surface area contributed by atoms with E-state index in [-0.39, 0.29) is 18.5 Å². The first-order valence-electron chi connectivity index (χ1n) is 8.22. The topological polar surface area (TPSA) is 62.7 Å². The molecule has 130 valence electrons. The van der Waals surface area contributed by atoms with Crippen LogP contribution in [-0.4, -0.2) is 20.7 Å². The number of hydrogen-bond donors (Lipinski definition) is 2. The van der Waals surface area contributed by atoms with Crippen LogP contribution in [0.5, 0.6) is 0 Å². The first-order chi connectivity index (χ1) is 12.2. The lowest BCUT2D eigenvalue weighted by molar-refractivity contribution is -0.122. The third-order valence-electron chi connectivity index (χ3n) is 3.92. The van der Waals surface area contributed by atoms with Gasteiger partial charge >= 0.3 is 0 Å². The molecule has 0 bridgehead atoms. The highest BCUT2D eigenvalue weighted by molar-refractivity contribution is 7.71. The molecular weight excluding hydrogens is 352 g/mol. The van der Waals surface area contributed by atoms with E-state index in [1.54, 1.807) is 15.9 Å². The van der Waals surface area contributed by atoms with Crippen LogP contribution >= 0.6 is 23.6 Å². The number of carbonyl (C=O) groups is 1. The normalized spacial score (nSPS) is 12.0. The van der Waals surface area contributed by atoms with Gasteiger partial charge in [0.05, 0.1) is 10.9 Å². The third-order valence-corrected chi connectivity index (χ3v) is 5.09. The van der Waals surface area contributed by atoms with Crippen molar-refractivity contribution >= 4 is 29.5 Å². The van der Waals surface area contributed by atoms with Gasteiger partial charge in [-0.05, 0) is 35.6 Å². The van der Waals surface area contributed by atoms with E-state index in [1.165, 1.54) is 0 Å². The molecule has 7 heteroatoms. The summed E-state index contributed by atoms with van der Waals surface area (Å²) in [5, 5.41) is 12.1. The summed E-state index contributed by atoms with van der Waals surface area (Å²) >= 11 is 6.86. The lowest BCUT2D eigenvalue weighted by atomic mass is 10.0. The summed E-state index contributed by atoms with van der Waals surface area (Å²) < 4.78 is 2.19. The lowest BCUT2D eigenvalue weighted by Crippen LogP contribution is -2.31. The molecule has 1 aromatic carbocycles. The van der Waals surface area contributed by atoms with Crippen molar-refractivity contribution in [2.45, 2.75) is 32.4 Å². The van der Waals surface area contributed by atoms with Gasteiger partial charge in [0.25, 0.3) is 0 Å². The predicted molar refractivity (Wildman–Crippen MR) is 103 cm³/mol. The minimum absolute atomic E-state index is 0.00459. The number of rotatable bonds is 7. The molecule has 0 aliphatic carbocycles. The second-order valence-electron chi connectivity index (χ2n) is 5.74. The molecule has 3 rings (SSSR count). The average Bonchev–Trinajstić information content (AvgIpc) is 3.26. The standard InChI is InChI=1S/C18H20N4OS2/c1-2-7-14(13-8-4-3-5-9-13)19-16(23)12-22-17(20-21-18(22)24)15-10-6-11-25-15/h3-6,8-11,14H,2,7,12H2,1H3,(H,19,23)(H,21,24)/t14-/m1/s1. The third kappa shape index (κ3) is 4.24. The fourth-order valence-corrected chi connectivity index (χ4v) is 3.66. The van der Waals surface area contributed by atoms with E-state index in [0.717, 1.165) is 23.3 Å². The number of nitrogens with zero attached hydrogens (tertiary/aromatic N) is 2. The Morgan fingerprint density at radius 3 is 2.80 bits per heavy atom. The largest absolute Gasteiger partial charge is 0.348 e. The van der Waals surface area contributed by atoms with Crippen LogP contribution in [0.1, 0.15) is 31.4 Å². The summed E-state index contributed by atoms with van der Waals surface area (Å²) in [7, 11) is 0. The Kier molecular flexibility index (Phi) is 5.78. The van der Waals surface area contributed by atoms with Crippen LogP contribution in [0.4, 0.5) is 0 Å². The molecule has 0 aliphatic heterocycles. The van der Waals surface area contributed by atoms with E-state index in [0.29, 0.717) is 10.6 Å². The highest BCUT2D eigenvalue weighted by Crippen LogP contribution is 2.23. The van der Waals surface area contributed by atoms with Crippen molar-refractivity contribution in [2.24, 2.45) is 0 Å². The number of nitrogens with one attached hydrogen (secondary N) is 2. The van der Waals surface area contributed by atoms with Crippen molar-refractivity contribution in [1.29, 1.82) is 0 Å². The van der Waals surface area contributed by atoms with Crippen LogP contribution in [0.15, 0.2) is 47.8 Å². The van der Waals surface area contributed by atoms with Gasteiger partial charge in [-0.2, -0.15) is 5.10 Å². The van der Waals surface area contributed by atoms with Crippen LogP contribution in [0.3, 0.4) is 0 Å². The van der Waals surface area contributed by atoms with Crippen LogP contribution in [0.25, 0.3) is 10.7 Å². The quantitative estimate of drug-likeness (QED) is 0.607.